The molecule has 9 nitrogen and oxygen atoms in total. The lowest BCUT2D eigenvalue weighted by atomic mass is 10.3. The van der Waals surface area contributed by atoms with Crippen molar-refractivity contribution in [3.63, 3.8) is 0 Å². The fourth-order valence-corrected chi connectivity index (χ4v) is 3.80. The highest BCUT2D eigenvalue weighted by Crippen LogP contribution is 2.18. The molecule has 0 saturated carbocycles. The number of anilines is 1. The number of aryl methyl sites for hydroxylation is 3. The van der Waals surface area contributed by atoms with E-state index in [9.17, 15) is 4.21 Å². The van der Waals surface area contributed by atoms with Crippen LogP contribution in [0.1, 0.15) is 35.7 Å². The molecule has 28 heavy (non-hydrogen) atoms. The number of aromatic nitrogens is 6. The van der Waals surface area contributed by atoms with Gasteiger partial charge in [-0.1, -0.05) is 0 Å². The first-order chi connectivity index (χ1) is 12.9. The van der Waals surface area contributed by atoms with Crippen molar-refractivity contribution in [1.29, 1.82) is 0 Å². The van der Waals surface area contributed by atoms with Crippen molar-refractivity contribution < 1.29 is 9.69 Å². The Labute approximate surface area is 165 Å². The molecule has 3 aromatic rings. The highest BCUT2D eigenvalue weighted by Gasteiger charge is 2.18. The lowest BCUT2D eigenvalue weighted by Crippen LogP contribution is -2.19. The fraction of sp³-hybridized carbons (Fsp3) is 0.444. The summed E-state index contributed by atoms with van der Waals surface area (Å²) in [5.74, 6) is 7.39. The molecule has 1 aliphatic heterocycles. The number of fused-ring (bicyclic) bond motifs is 1. The smallest absolute Gasteiger partial charge is 0.245 e. The Bertz CT molecular complexity index is 1120. The zero-order valence-corrected chi connectivity index (χ0v) is 17.2. The van der Waals surface area contributed by atoms with Gasteiger partial charge in [-0.05, 0) is 44.6 Å². The number of nitrogens with zero attached hydrogens (tertiary/aromatic N) is 7. The van der Waals surface area contributed by atoms with E-state index in [4.69, 9.17) is 0 Å². The first-order valence-corrected chi connectivity index (χ1v) is 10.4. The third-order valence-corrected chi connectivity index (χ3v) is 5.68. The summed E-state index contributed by atoms with van der Waals surface area (Å²) >= 11 is 0. The van der Waals surface area contributed by atoms with Crippen LogP contribution in [0, 0.1) is 25.7 Å². The number of hydrogen-bond donors (Lipinski definition) is 0. The predicted molar refractivity (Wildman–Crippen MR) is 107 cm³/mol. The van der Waals surface area contributed by atoms with Crippen LogP contribution in [0.3, 0.4) is 0 Å². The first-order valence-electron chi connectivity index (χ1n) is 8.82. The molecule has 4 heterocycles. The monoisotopic (exact) mass is 401 g/mol. The number of rotatable bonds is 2. The Kier molecular flexibility index (Phi) is 5.49. The highest BCUT2D eigenvalue weighted by atomic mass is 32.2. The highest BCUT2D eigenvalue weighted by molar-refractivity contribution is 7.84. The lowest BCUT2D eigenvalue weighted by Gasteiger charge is -2.10. The predicted octanol–water partition coefficient (Wildman–Crippen LogP) is 0.387. The molecule has 0 spiro atoms. The van der Waals surface area contributed by atoms with Gasteiger partial charge in [-0.25, -0.2) is 14.2 Å². The van der Waals surface area contributed by atoms with E-state index in [2.05, 4.69) is 36.9 Å². The minimum Gasteiger partial charge on any atom is -0.412 e. The van der Waals surface area contributed by atoms with Crippen LogP contribution in [0.15, 0.2) is 11.0 Å². The molecular weight excluding hydrogens is 378 g/mol. The van der Waals surface area contributed by atoms with Gasteiger partial charge in [0.05, 0.1) is 27.1 Å². The molecule has 2 N–H and O–H groups in total. The maximum absolute atomic E-state index is 12.2. The van der Waals surface area contributed by atoms with E-state index in [0.717, 1.165) is 30.4 Å². The van der Waals surface area contributed by atoms with E-state index in [1.807, 2.05) is 20.9 Å². The minimum absolute atomic E-state index is 0. The lowest BCUT2D eigenvalue weighted by molar-refractivity contribution is 0.686. The molecule has 1 saturated heterocycles. The van der Waals surface area contributed by atoms with Gasteiger partial charge in [-0.3, -0.25) is 4.21 Å². The van der Waals surface area contributed by atoms with Crippen LogP contribution in [0.5, 0.6) is 0 Å². The topological polar surface area (TPSA) is 113 Å². The van der Waals surface area contributed by atoms with Crippen LogP contribution in [0.2, 0.25) is 0 Å². The van der Waals surface area contributed by atoms with Gasteiger partial charge < -0.3 is 10.4 Å². The summed E-state index contributed by atoms with van der Waals surface area (Å²) in [5, 5.41) is 9.01. The largest absolute Gasteiger partial charge is 0.412 e. The molecule has 1 unspecified atom stereocenters. The van der Waals surface area contributed by atoms with Crippen molar-refractivity contribution >= 4 is 22.4 Å². The van der Waals surface area contributed by atoms with Crippen LogP contribution >= 0.6 is 0 Å². The Hall–Kier alpha value is -2.77. The van der Waals surface area contributed by atoms with Gasteiger partial charge in [-0.15, -0.1) is 5.10 Å². The van der Waals surface area contributed by atoms with Crippen LogP contribution in [0.4, 0.5) is 5.95 Å². The molecule has 0 aliphatic carbocycles. The molecule has 4 rings (SSSR count). The third kappa shape index (κ3) is 3.50. The average Bonchev–Trinajstić information content (AvgIpc) is 3.34. The van der Waals surface area contributed by atoms with Gasteiger partial charge in [0, 0.05) is 26.4 Å². The summed E-state index contributed by atoms with van der Waals surface area (Å²) in [6.07, 6.45) is 3.98. The van der Waals surface area contributed by atoms with Crippen molar-refractivity contribution in [2.45, 2.75) is 31.6 Å². The van der Waals surface area contributed by atoms with E-state index < -0.39 is 10.8 Å². The zero-order chi connectivity index (χ0) is 19.1. The van der Waals surface area contributed by atoms with Gasteiger partial charge in [0.25, 0.3) is 0 Å². The Balaban J connectivity index is 0.00000225. The van der Waals surface area contributed by atoms with Gasteiger partial charge in [-0.2, -0.15) is 10.1 Å². The average molecular weight is 401 g/mol. The maximum atomic E-state index is 12.2. The second kappa shape index (κ2) is 7.69. The molecule has 10 heteroatoms. The number of hydrogen-bond acceptors (Lipinski definition) is 6. The molecule has 1 fully saturated rings. The Morgan fingerprint density at radius 2 is 1.82 bits per heavy atom. The SMILES string of the molecule is Cc1nc2c(S(C)=O)cc(C#Cc3nc(N4CCCC4)nn3C)nn2c1C.O. The van der Waals surface area contributed by atoms with Crippen LogP contribution < -0.4 is 4.90 Å². The zero-order valence-electron chi connectivity index (χ0n) is 16.4. The standard InChI is InChI=1S/C18H21N7OS.H2O/c1-12-13(2)25-17(19-12)15(27(4)26)11-14(21-25)7-8-16-20-18(22-23(16)3)24-9-5-6-10-24;/h11H,5-6,9-10H2,1-4H3;1H2. The van der Waals surface area contributed by atoms with E-state index >= 15 is 0 Å². The van der Waals surface area contributed by atoms with Crippen LogP contribution in [0.25, 0.3) is 5.65 Å². The van der Waals surface area contributed by atoms with Crippen molar-refractivity contribution in [2.75, 3.05) is 24.2 Å². The molecule has 3 aromatic heterocycles. The normalized spacial score (nSPS) is 14.6. The quantitative estimate of drug-likeness (QED) is 0.574. The van der Waals surface area contributed by atoms with Crippen molar-refractivity contribution in [2.24, 2.45) is 7.05 Å². The third-order valence-electron chi connectivity index (χ3n) is 4.76. The molecule has 1 atom stereocenters. The molecule has 0 amide bonds. The summed E-state index contributed by atoms with van der Waals surface area (Å²) in [6, 6.07) is 1.74. The maximum Gasteiger partial charge on any atom is 0.245 e. The molecule has 1 aliphatic rings. The summed E-state index contributed by atoms with van der Waals surface area (Å²) in [6.45, 7) is 5.82. The number of imidazole rings is 1. The van der Waals surface area contributed by atoms with Gasteiger partial charge in [0.2, 0.25) is 11.8 Å². The summed E-state index contributed by atoms with van der Waals surface area (Å²) in [4.78, 5) is 11.8. The van der Waals surface area contributed by atoms with Gasteiger partial charge in [0.15, 0.2) is 5.65 Å². The van der Waals surface area contributed by atoms with E-state index in [1.54, 1.807) is 21.5 Å². The van der Waals surface area contributed by atoms with E-state index in [1.165, 1.54) is 12.8 Å². The Morgan fingerprint density at radius 1 is 1.11 bits per heavy atom. The van der Waals surface area contributed by atoms with Crippen LogP contribution in [-0.4, -0.2) is 58.4 Å². The van der Waals surface area contributed by atoms with E-state index in [0.29, 0.717) is 22.1 Å². The second-order valence-electron chi connectivity index (χ2n) is 6.67. The first kappa shape index (κ1) is 20.0. The molecule has 0 radical (unpaired) electrons. The molecule has 0 aromatic carbocycles. The van der Waals surface area contributed by atoms with Crippen molar-refractivity contribution in [3.8, 4) is 11.8 Å². The summed E-state index contributed by atoms with van der Waals surface area (Å²) in [7, 11) is 0.647. The van der Waals surface area contributed by atoms with Crippen molar-refractivity contribution in [3.05, 3.63) is 29.0 Å². The second-order valence-corrected chi connectivity index (χ2v) is 8.02. The van der Waals surface area contributed by atoms with E-state index in [-0.39, 0.29) is 5.48 Å². The van der Waals surface area contributed by atoms with Crippen molar-refractivity contribution in [1.82, 2.24) is 29.4 Å². The molecule has 0 bridgehead atoms. The summed E-state index contributed by atoms with van der Waals surface area (Å²) < 4.78 is 15.6. The summed E-state index contributed by atoms with van der Waals surface area (Å²) in [5.41, 5.74) is 2.92. The Morgan fingerprint density at radius 3 is 2.50 bits per heavy atom. The van der Waals surface area contributed by atoms with Gasteiger partial charge >= 0.3 is 0 Å². The minimum atomic E-state index is -1.19. The fourth-order valence-electron chi connectivity index (χ4n) is 3.13. The van der Waals surface area contributed by atoms with Crippen LogP contribution in [-0.2, 0) is 17.8 Å². The van der Waals surface area contributed by atoms with Gasteiger partial charge in [0.1, 0.15) is 5.69 Å². The molecule has 148 valence electrons. The molecular formula is C18H23N7O2S.